The zero-order valence-corrected chi connectivity index (χ0v) is 15.3. The van der Waals surface area contributed by atoms with Gasteiger partial charge >= 0.3 is 0 Å². The maximum absolute atomic E-state index is 12.5. The van der Waals surface area contributed by atoms with E-state index < -0.39 is 21.3 Å². The Balaban J connectivity index is 2.05. The summed E-state index contributed by atoms with van der Waals surface area (Å²) in [6.07, 6.45) is 1.65. The van der Waals surface area contributed by atoms with Crippen molar-refractivity contribution in [1.82, 2.24) is 5.43 Å². The molecule has 138 valence electrons. The molecule has 0 radical (unpaired) electrons. The molecule has 26 heavy (non-hydrogen) atoms. The second kappa shape index (κ2) is 6.71. The van der Waals surface area contributed by atoms with Crippen LogP contribution in [0.5, 0.6) is 0 Å². The zero-order valence-electron chi connectivity index (χ0n) is 14.5. The van der Waals surface area contributed by atoms with Gasteiger partial charge in [0.15, 0.2) is 15.4 Å². The molecule has 5 N–H and O–H groups in total. The molecule has 2 aromatic rings. The Labute approximate surface area is 152 Å². The van der Waals surface area contributed by atoms with Crippen molar-refractivity contribution in [3.63, 3.8) is 0 Å². The number of primary amides is 1. The number of benzene rings is 2. The van der Waals surface area contributed by atoms with Gasteiger partial charge in [-0.1, -0.05) is 24.3 Å². The van der Waals surface area contributed by atoms with E-state index in [4.69, 9.17) is 11.5 Å². The van der Waals surface area contributed by atoms with Crippen molar-refractivity contribution in [3.8, 4) is 0 Å². The number of nitrogens with one attached hydrogen (secondary N) is 1. The maximum Gasteiger partial charge on any atom is 0.249 e. The Morgan fingerprint density at radius 2 is 1.77 bits per heavy atom. The van der Waals surface area contributed by atoms with E-state index in [1.54, 1.807) is 17.1 Å². The predicted molar refractivity (Wildman–Crippen MR) is 99.9 cm³/mol. The monoisotopic (exact) mass is 374 g/mol. The molecule has 1 amide bonds. The molecule has 1 heterocycles. The number of sulfone groups is 1. The van der Waals surface area contributed by atoms with Gasteiger partial charge < -0.3 is 11.5 Å². The highest BCUT2D eigenvalue weighted by Gasteiger charge is 2.48. The summed E-state index contributed by atoms with van der Waals surface area (Å²) in [6.45, 7) is 0.980. The van der Waals surface area contributed by atoms with Crippen LogP contribution in [0.1, 0.15) is 17.5 Å². The summed E-state index contributed by atoms with van der Waals surface area (Å²) in [5.41, 5.74) is 16.0. The Morgan fingerprint density at radius 1 is 1.15 bits per heavy atom. The van der Waals surface area contributed by atoms with Gasteiger partial charge in [-0.25, -0.2) is 13.8 Å². The van der Waals surface area contributed by atoms with E-state index in [2.05, 4.69) is 5.43 Å². The minimum atomic E-state index is -3.29. The molecule has 1 saturated heterocycles. The molecule has 1 aliphatic rings. The molecule has 7 nitrogen and oxygen atoms in total. The van der Waals surface area contributed by atoms with Crippen molar-refractivity contribution in [1.29, 1.82) is 0 Å². The first-order valence-electron chi connectivity index (χ1n) is 8.22. The van der Waals surface area contributed by atoms with Crippen LogP contribution in [-0.4, -0.2) is 27.1 Å². The number of hydrogen-bond acceptors (Lipinski definition) is 6. The summed E-state index contributed by atoms with van der Waals surface area (Å²) in [5.74, 6) is -0.477. The van der Waals surface area contributed by atoms with E-state index >= 15 is 0 Å². The van der Waals surface area contributed by atoms with Gasteiger partial charge in [0.2, 0.25) is 5.91 Å². The number of nitrogens with zero attached hydrogens (tertiary/aromatic N) is 1. The van der Waals surface area contributed by atoms with Gasteiger partial charge in [-0.05, 0) is 41.8 Å². The van der Waals surface area contributed by atoms with Gasteiger partial charge in [-0.3, -0.25) is 9.80 Å². The van der Waals surface area contributed by atoms with Crippen LogP contribution in [0.15, 0.2) is 53.4 Å². The summed E-state index contributed by atoms with van der Waals surface area (Å²) < 4.78 is 23.3. The smallest absolute Gasteiger partial charge is 0.249 e. The van der Waals surface area contributed by atoms with Crippen LogP contribution in [0.25, 0.3) is 0 Å². The zero-order chi connectivity index (χ0) is 18.9. The third-order valence-electron chi connectivity index (χ3n) is 4.74. The standard InChI is InChI=1S/C18H22N4O3S/c1-26(24,25)16-8-6-15(7-9-16)22-18(17(20)23,10-11-21-22)14-4-2-13(12-19)3-5-14/h2-9,21H,10-12,19H2,1H3,(H2,20,23). The fraction of sp³-hybridized carbons (Fsp3) is 0.278. The lowest BCUT2D eigenvalue weighted by Gasteiger charge is -2.37. The number of rotatable bonds is 5. The van der Waals surface area contributed by atoms with E-state index in [0.717, 1.165) is 17.4 Å². The lowest BCUT2D eigenvalue weighted by Crippen LogP contribution is -2.54. The number of carbonyl (C=O) groups excluding carboxylic acids is 1. The average molecular weight is 374 g/mol. The van der Waals surface area contributed by atoms with E-state index in [1.807, 2.05) is 24.3 Å². The molecule has 0 saturated carbocycles. The van der Waals surface area contributed by atoms with Crippen molar-refractivity contribution in [3.05, 3.63) is 59.7 Å². The van der Waals surface area contributed by atoms with Gasteiger partial charge in [0, 0.05) is 19.3 Å². The minimum Gasteiger partial charge on any atom is -0.367 e. The maximum atomic E-state index is 12.5. The first-order valence-corrected chi connectivity index (χ1v) is 10.1. The quantitative estimate of drug-likeness (QED) is 0.707. The van der Waals surface area contributed by atoms with Crippen molar-refractivity contribution in [2.75, 3.05) is 17.8 Å². The summed E-state index contributed by atoms with van der Waals surface area (Å²) in [5, 5.41) is 1.72. The highest BCUT2D eigenvalue weighted by molar-refractivity contribution is 7.90. The van der Waals surface area contributed by atoms with E-state index in [0.29, 0.717) is 25.2 Å². The van der Waals surface area contributed by atoms with Gasteiger partial charge in [0.25, 0.3) is 0 Å². The second-order valence-electron chi connectivity index (χ2n) is 6.39. The topological polar surface area (TPSA) is 119 Å². The average Bonchev–Trinajstić information content (AvgIpc) is 3.07. The normalized spacial score (nSPS) is 20.3. The first-order chi connectivity index (χ1) is 12.3. The highest BCUT2D eigenvalue weighted by atomic mass is 32.2. The van der Waals surface area contributed by atoms with Crippen LogP contribution in [0.3, 0.4) is 0 Å². The molecule has 0 aliphatic carbocycles. The van der Waals surface area contributed by atoms with Gasteiger partial charge in [-0.2, -0.15) is 0 Å². The fourth-order valence-electron chi connectivity index (χ4n) is 3.32. The summed E-state index contributed by atoms with van der Waals surface area (Å²) in [7, 11) is -3.29. The van der Waals surface area contributed by atoms with Crippen LogP contribution >= 0.6 is 0 Å². The molecule has 1 fully saturated rings. The Bertz CT molecular complexity index is 910. The number of anilines is 1. The lowest BCUT2D eigenvalue weighted by atomic mass is 9.85. The summed E-state index contributed by atoms with van der Waals surface area (Å²) in [4.78, 5) is 12.7. The Hall–Kier alpha value is -2.42. The number of amides is 1. The largest absolute Gasteiger partial charge is 0.367 e. The van der Waals surface area contributed by atoms with Crippen LogP contribution in [0, 0.1) is 0 Å². The predicted octanol–water partition coefficient (Wildman–Crippen LogP) is 0.644. The van der Waals surface area contributed by atoms with Crippen molar-refractivity contribution in [2.45, 2.75) is 23.4 Å². The number of hydrazine groups is 1. The lowest BCUT2D eigenvalue weighted by molar-refractivity contribution is -0.123. The number of nitrogens with two attached hydrogens (primary N) is 2. The van der Waals surface area contributed by atoms with E-state index in [9.17, 15) is 13.2 Å². The van der Waals surface area contributed by atoms with Gasteiger partial charge in [-0.15, -0.1) is 0 Å². The molecule has 1 aliphatic heterocycles. The molecule has 0 aromatic heterocycles. The number of carbonyl (C=O) groups is 1. The molecule has 1 atom stereocenters. The highest BCUT2D eigenvalue weighted by Crippen LogP contribution is 2.38. The Morgan fingerprint density at radius 3 is 2.27 bits per heavy atom. The van der Waals surface area contributed by atoms with Crippen molar-refractivity contribution < 1.29 is 13.2 Å². The molecule has 8 heteroatoms. The molecule has 1 unspecified atom stereocenters. The number of hydrogen-bond donors (Lipinski definition) is 3. The first kappa shape index (κ1) is 18.4. The third kappa shape index (κ3) is 3.07. The van der Waals surface area contributed by atoms with Crippen LogP contribution in [0.4, 0.5) is 5.69 Å². The second-order valence-corrected chi connectivity index (χ2v) is 8.40. The summed E-state index contributed by atoms with van der Waals surface area (Å²) >= 11 is 0. The fourth-order valence-corrected chi connectivity index (χ4v) is 3.95. The molecule has 3 rings (SSSR count). The summed E-state index contributed by atoms with van der Waals surface area (Å²) in [6, 6.07) is 13.9. The van der Waals surface area contributed by atoms with Crippen LogP contribution in [-0.2, 0) is 26.7 Å². The molecular weight excluding hydrogens is 352 g/mol. The molecular formula is C18H22N4O3S. The Kier molecular flexibility index (Phi) is 4.74. The molecule has 2 aromatic carbocycles. The van der Waals surface area contributed by atoms with Crippen molar-refractivity contribution >= 4 is 21.4 Å². The van der Waals surface area contributed by atoms with E-state index in [-0.39, 0.29) is 4.90 Å². The van der Waals surface area contributed by atoms with Crippen LogP contribution in [0.2, 0.25) is 0 Å². The van der Waals surface area contributed by atoms with Crippen LogP contribution < -0.4 is 21.9 Å². The molecule has 0 bridgehead atoms. The van der Waals surface area contributed by atoms with Crippen molar-refractivity contribution in [2.24, 2.45) is 11.5 Å². The molecule has 0 spiro atoms. The SMILES string of the molecule is CS(=O)(=O)c1ccc(N2NCCC2(C(N)=O)c2ccc(CN)cc2)cc1. The van der Waals surface area contributed by atoms with E-state index in [1.165, 1.54) is 12.1 Å². The third-order valence-corrected chi connectivity index (χ3v) is 5.86. The minimum absolute atomic E-state index is 0.220. The van der Waals surface area contributed by atoms with Gasteiger partial charge in [0.05, 0.1) is 10.6 Å². The van der Waals surface area contributed by atoms with Gasteiger partial charge in [0.1, 0.15) is 0 Å².